The Hall–Kier alpha value is -2.07. The van der Waals surface area contributed by atoms with Gasteiger partial charge < -0.3 is 5.32 Å². The maximum Gasteiger partial charge on any atom is 0.244 e. The standard InChI is InChI=1S/C18H17N3O3S3/c1-27(23,24)21-10-13-6-3-2-5-12(13)9-15(21)17(22)20-18-19-14(11-26-18)16-7-4-8-25-16/h2-8,11,15H,9-10H2,1H3,(H,19,20,22)/t15-/m0/s1. The molecule has 0 fully saturated rings. The number of hydrogen-bond acceptors (Lipinski definition) is 6. The molecule has 0 unspecified atom stereocenters. The Bertz CT molecular complexity index is 1070. The van der Waals surface area contributed by atoms with Crippen LogP contribution >= 0.6 is 22.7 Å². The maximum atomic E-state index is 12.9. The predicted octanol–water partition coefficient (Wildman–Crippen LogP) is 3.20. The van der Waals surface area contributed by atoms with Gasteiger partial charge in [-0.2, -0.15) is 4.31 Å². The lowest BCUT2D eigenvalue weighted by Gasteiger charge is -2.33. The van der Waals surface area contributed by atoms with E-state index in [2.05, 4.69) is 10.3 Å². The molecule has 4 rings (SSSR count). The molecular formula is C18H17N3O3S3. The zero-order valence-electron chi connectivity index (χ0n) is 14.5. The van der Waals surface area contributed by atoms with Crippen LogP contribution in [0.4, 0.5) is 5.13 Å². The van der Waals surface area contributed by atoms with E-state index in [1.54, 1.807) is 11.3 Å². The highest BCUT2D eigenvalue weighted by molar-refractivity contribution is 7.88. The van der Waals surface area contributed by atoms with Crippen molar-refractivity contribution in [3.8, 4) is 10.6 Å². The third kappa shape index (κ3) is 3.81. The minimum absolute atomic E-state index is 0.200. The number of aromatic nitrogens is 1. The van der Waals surface area contributed by atoms with E-state index in [1.807, 2.05) is 47.2 Å². The molecular weight excluding hydrogens is 402 g/mol. The normalized spacial score (nSPS) is 17.4. The number of hydrogen-bond donors (Lipinski definition) is 1. The summed E-state index contributed by atoms with van der Waals surface area (Å²) in [7, 11) is -3.53. The number of benzene rings is 1. The Labute approximate surface area is 165 Å². The number of anilines is 1. The average Bonchev–Trinajstić information content (AvgIpc) is 3.31. The number of fused-ring (bicyclic) bond motifs is 1. The Morgan fingerprint density at radius 2 is 1.96 bits per heavy atom. The van der Waals surface area contributed by atoms with Crippen molar-refractivity contribution in [1.82, 2.24) is 9.29 Å². The van der Waals surface area contributed by atoms with Crippen molar-refractivity contribution >= 4 is 43.7 Å². The molecule has 2 aromatic heterocycles. The lowest BCUT2D eigenvalue weighted by Crippen LogP contribution is -2.50. The van der Waals surface area contributed by atoms with Crippen LogP contribution in [0.3, 0.4) is 0 Å². The van der Waals surface area contributed by atoms with Crippen LogP contribution in [-0.2, 0) is 27.8 Å². The van der Waals surface area contributed by atoms with E-state index in [1.165, 1.54) is 15.6 Å². The van der Waals surface area contributed by atoms with Crippen LogP contribution in [0.25, 0.3) is 10.6 Å². The van der Waals surface area contributed by atoms with Crippen molar-refractivity contribution in [2.75, 3.05) is 11.6 Å². The molecule has 0 aliphatic carbocycles. The fraction of sp³-hybridized carbons (Fsp3) is 0.222. The second-order valence-electron chi connectivity index (χ2n) is 6.30. The van der Waals surface area contributed by atoms with E-state index in [9.17, 15) is 13.2 Å². The number of sulfonamides is 1. The van der Waals surface area contributed by atoms with Crippen molar-refractivity contribution in [1.29, 1.82) is 0 Å². The van der Waals surface area contributed by atoms with E-state index >= 15 is 0 Å². The summed E-state index contributed by atoms with van der Waals surface area (Å²) in [6, 6.07) is 10.7. The summed E-state index contributed by atoms with van der Waals surface area (Å²) in [6.45, 7) is 0.200. The molecule has 0 spiro atoms. The third-order valence-corrected chi connectivity index (χ3v) is 7.33. The number of nitrogens with zero attached hydrogens (tertiary/aromatic N) is 2. The Balaban J connectivity index is 1.58. The van der Waals surface area contributed by atoms with Gasteiger partial charge in [-0.05, 0) is 29.0 Å². The number of thiophene rings is 1. The van der Waals surface area contributed by atoms with E-state index in [4.69, 9.17) is 0 Å². The summed E-state index contributed by atoms with van der Waals surface area (Å²) in [5, 5.41) is 7.11. The summed E-state index contributed by atoms with van der Waals surface area (Å²) < 4.78 is 25.8. The molecule has 3 heterocycles. The van der Waals surface area contributed by atoms with Crippen LogP contribution in [0.5, 0.6) is 0 Å². The maximum absolute atomic E-state index is 12.9. The van der Waals surface area contributed by atoms with E-state index < -0.39 is 16.1 Å². The van der Waals surface area contributed by atoms with Gasteiger partial charge in [0.15, 0.2) is 5.13 Å². The van der Waals surface area contributed by atoms with Gasteiger partial charge in [0, 0.05) is 11.9 Å². The van der Waals surface area contributed by atoms with E-state index in [0.717, 1.165) is 28.0 Å². The minimum atomic E-state index is -3.53. The molecule has 27 heavy (non-hydrogen) atoms. The molecule has 140 valence electrons. The monoisotopic (exact) mass is 419 g/mol. The lowest BCUT2D eigenvalue weighted by molar-refractivity contribution is -0.120. The van der Waals surface area contributed by atoms with Gasteiger partial charge >= 0.3 is 0 Å². The van der Waals surface area contributed by atoms with Gasteiger partial charge in [0.25, 0.3) is 0 Å². The second-order valence-corrected chi connectivity index (χ2v) is 10.0. The molecule has 1 atom stereocenters. The largest absolute Gasteiger partial charge is 0.301 e. The molecule has 1 aromatic carbocycles. The SMILES string of the molecule is CS(=O)(=O)N1Cc2ccccc2C[C@H]1C(=O)Nc1nc(-c2cccs2)cs1. The number of carbonyl (C=O) groups excluding carboxylic acids is 1. The highest BCUT2D eigenvalue weighted by Gasteiger charge is 2.37. The third-order valence-electron chi connectivity index (χ3n) is 4.44. The minimum Gasteiger partial charge on any atom is -0.301 e. The van der Waals surface area contributed by atoms with Gasteiger partial charge in [0.2, 0.25) is 15.9 Å². The van der Waals surface area contributed by atoms with Crippen LogP contribution in [0.15, 0.2) is 47.2 Å². The van der Waals surface area contributed by atoms with Gasteiger partial charge in [-0.15, -0.1) is 22.7 Å². The lowest BCUT2D eigenvalue weighted by atomic mass is 9.95. The molecule has 9 heteroatoms. The quantitative estimate of drug-likeness (QED) is 0.704. The van der Waals surface area contributed by atoms with Crippen molar-refractivity contribution in [2.24, 2.45) is 0 Å². The Kier molecular flexibility index (Phi) is 4.85. The molecule has 1 aliphatic heterocycles. The molecule has 0 radical (unpaired) electrons. The first kappa shape index (κ1) is 18.3. The fourth-order valence-electron chi connectivity index (χ4n) is 3.13. The van der Waals surface area contributed by atoms with Gasteiger partial charge in [-0.1, -0.05) is 30.3 Å². The van der Waals surface area contributed by atoms with E-state index in [0.29, 0.717) is 11.6 Å². The van der Waals surface area contributed by atoms with Gasteiger partial charge in [0.1, 0.15) is 6.04 Å². The van der Waals surface area contributed by atoms with Gasteiger partial charge in [0.05, 0.1) is 16.8 Å². The number of thiazole rings is 1. The van der Waals surface area contributed by atoms with Crippen molar-refractivity contribution < 1.29 is 13.2 Å². The second kappa shape index (κ2) is 7.16. The Morgan fingerprint density at radius 3 is 2.67 bits per heavy atom. The van der Waals surface area contributed by atoms with Crippen molar-refractivity contribution in [3.63, 3.8) is 0 Å². The summed E-state index contributed by atoms with van der Waals surface area (Å²) in [5.41, 5.74) is 2.73. The molecule has 3 aromatic rings. The summed E-state index contributed by atoms with van der Waals surface area (Å²) in [6.07, 6.45) is 1.48. The highest BCUT2D eigenvalue weighted by Crippen LogP contribution is 2.30. The van der Waals surface area contributed by atoms with Crippen molar-refractivity contribution in [2.45, 2.75) is 19.0 Å². The highest BCUT2D eigenvalue weighted by atomic mass is 32.2. The summed E-state index contributed by atoms with van der Waals surface area (Å²) in [5.74, 6) is -0.359. The molecule has 1 N–H and O–H groups in total. The molecule has 0 saturated heterocycles. The molecule has 0 saturated carbocycles. The predicted molar refractivity (Wildman–Crippen MR) is 108 cm³/mol. The van der Waals surface area contributed by atoms with E-state index in [-0.39, 0.29) is 12.5 Å². The molecule has 0 bridgehead atoms. The number of rotatable bonds is 4. The first-order valence-corrected chi connectivity index (χ1v) is 11.9. The smallest absolute Gasteiger partial charge is 0.244 e. The number of nitrogens with one attached hydrogen (secondary N) is 1. The summed E-state index contributed by atoms with van der Waals surface area (Å²) in [4.78, 5) is 18.4. The zero-order chi connectivity index (χ0) is 19.0. The number of amides is 1. The van der Waals surface area contributed by atoms with Gasteiger partial charge in [-0.25, -0.2) is 13.4 Å². The van der Waals surface area contributed by atoms with Crippen LogP contribution in [-0.4, -0.2) is 35.9 Å². The molecule has 1 amide bonds. The van der Waals surface area contributed by atoms with Crippen molar-refractivity contribution in [3.05, 3.63) is 58.3 Å². The van der Waals surface area contributed by atoms with Crippen LogP contribution < -0.4 is 5.32 Å². The molecule has 1 aliphatic rings. The average molecular weight is 420 g/mol. The zero-order valence-corrected chi connectivity index (χ0v) is 16.9. The topological polar surface area (TPSA) is 79.4 Å². The Morgan fingerprint density at radius 1 is 1.19 bits per heavy atom. The van der Waals surface area contributed by atoms with Crippen LogP contribution in [0.1, 0.15) is 11.1 Å². The van der Waals surface area contributed by atoms with Gasteiger partial charge in [-0.3, -0.25) is 4.79 Å². The first-order valence-electron chi connectivity index (χ1n) is 8.25. The number of carbonyl (C=O) groups is 1. The molecule has 6 nitrogen and oxygen atoms in total. The van der Waals surface area contributed by atoms with Crippen LogP contribution in [0.2, 0.25) is 0 Å². The fourth-order valence-corrected chi connectivity index (χ4v) is 5.61. The van der Waals surface area contributed by atoms with Crippen LogP contribution in [0, 0.1) is 0 Å². The first-order chi connectivity index (χ1) is 12.9. The summed E-state index contributed by atoms with van der Waals surface area (Å²) >= 11 is 2.91.